The van der Waals surface area contributed by atoms with Gasteiger partial charge in [-0.25, -0.2) is 9.37 Å². The summed E-state index contributed by atoms with van der Waals surface area (Å²) in [6.07, 6.45) is 0. The number of thiazole rings is 1. The standard InChI is InChI=1S/C13H14FN3S/c1-8-10(3)18-13(15-8)17-16-9(2)11-4-6-12(14)7-5-11/h4-7H,1-3H3,(H,15,17)/b16-9-. The Kier molecular flexibility index (Phi) is 3.72. The quantitative estimate of drug-likeness (QED) is 0.676. The zero-order chi connectivity index (χ0) is 13.1. The number of nitrogens with one attached hydrogen (secondary N) is 1. The fraction of sp³-hybridized carbons (Fsp3) is 0.231. The molecule has 0 aliphatic rings. The number of benzene rings is 1. The molecule has 1 aromatic carbocycles. The lowest BCUT2D eigenvalue weighted by atomic mass is 10.1. The maximum Gasteiger partial charge on any atom is 0.203 e. The smallest absolute Gasteiger partial charge is 0.203 e. The van der Waals surface area contributed by atoms with Crippen LogP contribution in [0.2, 0.25) is 0 Å². The summed E-state index contributed by atoms with van der Waals surface area (Å²) in [5, 5.41) is 5.01. The molecule has 2 aromatic rings. The van der Waals surface area contributed by atoms with Gasteiger partial charge in [-0.05, 0) is 38.5 Å². The lowest BCUT2D eigenvalue weighted by molar-refractivity contribution is 0.628. The minimum Gasteiger partial charge on any atom is -0.252 e. The summed E-state index contributed by atoms with van der Waals surface area (Å²) >= 11 is 1.56. The summed E-state index contributed by atoms with van der Waals surface area (Å²) in [7, 11) is 0. The van der Waals surface area contributed by atoms with Crippen molar-refractivity contribution in [3.05, 3.63) is 46.2 Å². The molecule has 0 bridgehead atoms. The van der Waals surface area contributed by atoms with Gasteiger partial charge in [0.05, 0.1) is 11.4 Å². The summed E-state index contributed by atoms with van der Waals surface area (Å²) in [4.78, 5) is 5.50. The van der Waals surface area contributed by atoms with Gasteiger partial charge in [0.15, 0.2) is 0 Å². The van der Waals surface area contributed by atoms with E-state index in [9.17, 15) is 4.39 Å². The van der Waals surface area contributed by atoms with Crippen LogP contribution in [-0.2, 0) is 0 Å². The van der Waals surface area contributed by atoms with E-state index in [-0.39, 0.29) is 5.82 Å². The van der Waals surface area contributed by atoms with Crippen molar-refractivity contribution >= 4 is 22.2 Å². The van der Waals surface area contributed by atoms with E-state index < -0.39 is 0 Å². The van der Waals surface area contributed by atoms with E-state index in [0.717, 1.165) is 22.1 Å². The first kappa shape index (κ1) is 12.7. The minimum absolute atomic E-state index is 0.245. The Morgan fingerprint density at radius 2 is 1.94 bits per heavy atom. The van der Waals surface area contributed by atoms with Gasteiger partial charge in [-0.1, -0.05) is 12.1 Å². The number of rotatable bonds is 3. The molecule has 1 aromatic heterocycles. The second-order valence-electron chi connectivity index (χ2n) is 3.98. The molecule has 0 radical (unpaired) electrons. The molecule has 0 fully saturated rings. The minimum atomic E-state index is -0.245. The Balaban J connectivity index is 2.11. The average Bonchev–Trinajstić information content (AvgIpc) is 2.67. The van der Waals surface area contributed by atoms with Crippen molar-refractivity contribution in [2.45, 2.75) is 20.8 Å². The summed E-state index contributed by atoms with van der Waals surface area (Å²) in [6, 6.07) is 6.25. The SMILES string of the molecule is C/C(=N/Nc1nc(C)c(C)s1)c1ccc(F)cc1. The van der Waals surface area contributed by atoms with Gasteiger partial charge in [0.1, 0.15) is 5.82 Å². The van der Waals surface area contributed by atoms with Crippen LogP contribution in [0.3, 0.4) is 0 Å². The fourth-order valence-corrected chi connectivity index (χ4v) is 2.17. The topological polar surface area (TPSA) is 37.3 Å². The third-order valence-electron chi connectivity index (χ3n) is 2.61. The van der Waals surface area contributed by atoms with Gasteiger partial charge in [-0.3, -0.25) is 5.43 Å². The molecule has 0 spiro atoms. The van der Waals surface area contributed by atoms with Crippen molar-refractivity contribution in [3.63, 3.8) is 0 Å². The van der Waals surface area contributed by atoms with Crippen molar-refractivity contribution in [1.29, 1.82) is 0 Å². The molecule has 18 heavy (non-hydrogen) atoms. The molecule has 5 heteroatoms. The average molecular weight is 263 g/mol. The van der Waals surface area contributed by atoms with Crippen LogP contribution in [0, 0.1) is 19.7 Å². The molecule has 0 aliphatic heterocycles. The van der Waals surface area contributed by atoms with E-state index in [0.29, 0.717) is 0 Å². The molecule has 1 heterocycles. The molecule has 3 nitrogen and oxygen atoms in total. The van der Waals surface area contributed by atoms with Crippen LogP contribution < -0.4 is 5.43 Å². The lowest BCUT2D eigenvalue weighted by Crippen LogP contribution is -1.99. The number of anilines is 1. The van der Waals surface area contributed by atoms with Crippen LogP contribution in [-0.4, -0.2) is 10.7 Å². The van der Waals surface area contributed by atoms with Crippen molar-refractivity contribution in [3.8, 4) is 0 Å². The Bertz CT molecular complexity index is 553. The van der Waals surface area contributed by atoms with Crippen LogP contribution in [0.15, 0.2) is 29.4 Å². The summed E-state index contributed by atoms with van der Waals surface area (Å²) in [5.74, 6) is -0.245. The molecule has 0 saturated carbocycles. The van der Waals surface area contributed by atoms with Gasteiger partial charge in [0.2, 0.25) is 5.13 Å². The highest BCUT2D eigenvalue weighted by Crippen LogP contribution is 2.21. The molecule has 0 aliphatic carbocycles. The van der Waals surface area contributed by atoms with E-state index in [4.69, 9.17) is 0 Å². The number of hydrogen-bond acceptors (Lipinski definition) is 4. The van der Waals surface area contributed by atoms with Crippen LogP contribution in [0.25, 0.3) is 0 Å². The number of nitrogens with zero attached hydrogens (tertiary/aromatic N) is 2. The molecular formula is C13H14FN3S. The largest absolute Gasteiger partial charge is 0.252 e. The van der Waals surface area contributed by atoms with E-state index in [1.807, 2.05) is 20.8 Å². The van der Waals surface area contributed by atoms with Crippen molar-refractivity contribution in [1.82, 2.24) is 4.98 Å². The number of halogens is 1. The molecular weight excluding hydrogens is 249 g/mol. The maximum absolute atomic E-state index is 12.8. The summed E-state index contributed by atoms with van der Waals surface area (Å²) in [5.41, 5.74) is 5.61. The fourth-order valence-electron chi connectivity index (χ4n) is 1.41. The third-order valence-corrected chi connectivity index (χ3v) is 3.59. The third kappa shape index (κ3) is 2.92. The predicted octanol–water partition coefficient (Wildman–Crippen LogP) is 3.74. The predicted molar refractivity (Wildman–Crippen MR) is 73.8 cm³/mol. The van der Waals surface area contributed by atoms with Gasteiger partial charge in [-0.15, -0.1) is 11.3 Å². The van der Waals surface area contributed by atoms with E-state index in [1.165, 1.54) is 17.0 Å². The molecule has 0 amide bonds. The monoisotopic (exact) mass is 263 g/mol. The Hall–Kier alpha value is -1.75. The van der Waals surface area contributed by atoms with Crippen molar-refractivity contribution < 1.29 is 4.39 Å². The zero-order valence-corrected chi connectivity index (χ0v) is 11.3. The van der Waals surface area contributed by atoms with Crippen molar-refractivity contribution in [2.24, 2.45) is 5.10 Å². The Morgan fingerprint density at radius 3 is 2.50 bits per heavy atom. The highest BCUT2D eigenvalue weighted by atomic mass is 32.1. The molecule has 1 N–H and O–H groups in total. The number of aromatic nitrogens is 1. The zero-order valence-electron chi connectivity index (χ0n) is 10.5. The number of hydrazone groups is 1. The number of aryl methyl sites for hydroxylation is 2. The van der Waals surface area contributed by atoms with Crippen LogP contribution >= 0.6 is 11.3 Å². The van der Waals surface area contributed by atoms with Gasteiger partial charge in [0, 0.05) is 4.88 Å². The first-order valence-electron chi connectivity index (χ1n) is 5.56. The first-order chi connectivity index (χ1) is 8.56. The number of hydrogen-bond donors (Lipinski definition) is 1. The highest BCUT2D eigenvalue weighted by molar-refractivity contribution is 7.15. The molecule has 0 atom stereocenters. The molecule has 0 unspecified atom stereocenters. The van der Waals surface area contributed by atoms with Crippen LogP contribution in [0.4, 0.5) is 9.52 Å². The maximum atomic E-state index is 12.8. The van der Waals surface area contributed by atoms with Gasteiger partial charge >= 0.3 is 0 Å². The van der Waals surface area contributed by atoms with E-state index in [1.54, 1.807) is 23.5 Å². The molecule has 0 saturated heterocycles. The second-order valence-corrected chi connectivity index (χ2v) is 5.18. The van der Waals surface area contributed by atoms with Crippen LogP contribution in [0.5, 0.6) is 0 Å². The first-order valence-corrected chi connectivity index (χ1v) is 6.38. The van der Waals surface area contributed by atoms with E-state index >= 15 is 0 Å². The second kappa shape index (κ2) is 5.27. The van der Waals surface area contributed by atoms with Gasteiger partial charge < -0.3 is 0 Å². The van der Waals surface area contributed by atoms with Gasteiger partial charge in [0.25, 0.3) is 0 Å². The normalized spacial score (nSPS) is 11.7. The van der Waals surface area contributed by atoms with Crippen LogP contribution in [0.1, 0.15) is 23.1 Å². The molecule has 2 rings (SSSR count). The van der Waals surface area contributed by atoms with E-state index in [2.05, 4.69) is 15.5 Å². The van der Waals surface area contributed by atoms with Gasteiger partial charge in [-0.2, -0.15) is 5.10 Å². The lowest BCUT2D eigenvalue weighted by Gasteiger charge is -2.00. The summed E-state index contributed by atoms with van der Waals surface area (Å²) < 4.78 is 12.8. The highest BCUT2D eigenvalue weighted by Gasteiger charge is 2.02. The Morgan fingerprint density at radius 1 is 1.28 bits per heavy atom. The Labute approximate surface area is 109 Å². The summed E-state index contributed by atoms with van der Waals surface area (Å²) in [6.45, 7) is 5.86. The van der Waals surface area contributed by atoms with Crippen molar-refractivity contribution in [2.75, 3.05) is 5.43 Å². The molecule has 94 valence electrons.